The molecule has 0 aromatic rings. The fourth-order valence-corrected chi connectivity index (χ4v) is 0. The number of hydrogen-bond acceptors (Lipinski definition) is 3. The molecule has 1 atom stereocenters. The largest absolute Gasteiger partial charge is 0.338 e. The molecule has 1 unspecified atom stereocenters. The zero-order chi connectivity index (χ0) is 6.08. The van der Waals surface area contributed by atoms with E-state index >= 15 is 0 Å². The molecule has 0 aliphatic rings. The van der Waals surface area contributed by atoms with Crippen molar-refractivity contribution in [2.45, 2.75) is 0 Å². The summed E-state index contributed by atoms with van der Waals surface area (Å²) in [5.41, 5.74) is 0. The van der Waals surface area contributed by atoms with E-state index in [0.29, 0.717) is 0 Å². The highest BCUT2D eigenvalue weighted by Gasteiger charge is 2.09. The number of hydrogen-bond donors (Lipinski definition) is 2. The molecule has 0 saturated heterocycles. The monoisotopic (exact) mass is 146 g/mol. The smallest absolute Gasteiger partial charge is 0.334 e. The fourth-order valence-electron chi connectivity index (χ4n) is 0. The Morgan fingerprint density at radius 3 is 1.57 bits per heavy atom. The van der Waals surface area contributed by atoms with Crippen molar-refractivity contribution in [3.8, 4) is 0 Å². The molecule has 0 amide bonds. The lowest BCUT2D eigenvalue weighted by molar-refractivity contribution is 0.472. The van der Waals surface area contributed by atoms with Gasteiger partial charge in [0.2, 0.25) is 0 Å². The summed E-state index contributed by atoms with van der Waals surface area (Å²) in [5, 5.41) is 0. The van der Waals surface area contributed by atoms with Gasteiger partial charge in [-0.2, -0.15) is 8.42 Å². The highest BCUT2D eigenvalue weighted by molar-refractivity contribution is 8.41. The summed E-state index contributed by atoms with van der Waals surface area (Å²) >= 11 is 0. The molecule has 0 aromatic heterocycles. The molecule has 0 fully saturated rings. The second kappa shape index (κ2) is 1.92. The van der Waals surface area contributed by atoms with Crippen LogP contribution in [0, 0.1) is 0 Å². The predicted molar refractivity (Wildman–Crippen MR) is 22.8 cm³/mol. The van der Waals surface area contributed by atoms with Crippen LogP contribution in [0.1, 0.15) is 0 Å². The summed E-state index contributed by atoms with van der Waals surface area (Å²) in [7, 11) is -8.41. The third-order valence-corrected chi connectivity index (χ3v) is 1.99. The molecule has 7 heteroatoms. The third-order valence-electron chi connectivity index (χ3n) is 0.221. The van der Waals surface area contributed by atoms with Crippen LogP contribution in [0.3, 0.4) is 0 Å². The normalized spacial score (nSPS) is 16.3. The lowest BCUT2D eigenvalue weighted by Crippen LogP contribution is -1.85. The van der Waals surface area contributed by atoms with Gasteiger partial charge in [0.25, 0.3) is 0 Å². The van der Waals surface area contributed by atoms with Crippen molar-refractivity contribution in [3.05, 3.63) is 0 Å². The third kappa shape index (κ3) is 2.76. The Kier molecular flexibility index (Phi) is 1.94. The van der Waals surface area contributed by atoms with Gasteiger partial charge in [0.05, 0.1) is 0 Å². The highest BCUT2D eigenvalue weighted by Crippen LogP contribution is 2.20. The van der Waals surface area contributed by atoms with Crippen molar-refractivity contribution < 1.29 is 22.4 Å². The molecule has 7 heavy (non-hydrogen) atoms. The summed E-state index contributed by atoms with van der Waals surface area (Å²) in [6.45, 7) is 0. The van der Waals surface area contributed by atoms with Crippen LogP contribution in [-0.4, -0.2) is 17.9 Å². The van der Waals surface area contributed by atoms with E-state index in [1.807, 2.05) is 0 Å². The van der Waals surface area contributed by atoms with Gasteiger partial charge in [0, 0.05) is 0 Å². The molecule has 0 radical (unpaired) electrons. The molecule has 0 bridgehead atoms. The Labute approximate surface area is 40.3 Å². The average Bonchev–Trinajstić information content (AvgIpc) is 1.31. The van der Waals surface area contributed by atoms with Crippen LogP contribution in [0.4, 0.5) is 0 Å². The lowest BCUT2D eigenvalue weighted by Gasteiger charge is -1.81. The summed E-state index contributed by atoms with van der Waals surface area (Å²) in [4.78, 5) is 7.60. The van der Waals surface area contributed by atoms with Gasteiger partial charge in [-0.05, 0) is 0 Å². The van der Waals surface area contributed by atoms with E-state index in [4.69, 9.17) is 9.45 Å². The van der Waals surface area contributed by atoms with Crippen molar-refractivity contribution >= 4 is 17.0 Å². The summed E-state index contributed by atoms with van der Waals surface area (Å²) in [6.07, 6.45) is 0. The zero-order valence-corrected chi connectivity index (χ0v) is 4.84. The molecule has 2 N–H and O–H groups in total. The molecule has 0 saturated carbocycles. The molecule has 0 spiro atoms. The van der Waals surface area contributed by atoms with E-state index < -0.39 is 17.0 Å². The Bertz CT molecular complexity index is 163. The van der Waals surface area contributed by atoms with E-state index in [0.717, 1.165) is 0 Å². The topological polar surface area (TPSA) is 91.7 Å². The Morgan fingerprint density at radius 2 is 1.57 bits per heavy atom. The van der Waals surface area contributed by atoms with Gasteiger partial charge in [0.15, 0.2) is 0 Å². The first-order valence-electron chi connectivity index (χ1n) is 1.15. The van der Waals surface area contributed by atoms with Crippen molar-refractivity contribution in [1.29, 1.82) is 0 Å². The van der Waals surface area contributed by atoms with Gasteiger partial charge in [0.1, 0.15) is 0 Å². The second-order valence-electron chi connectivity index (χ2n) is 0.741. The van der Waals surface area contributed by atoms with Crippen LogP contribution in [0.15, 0.2) is 0 Å². The zero-order valence-electron chi connectivity index (χ0n) is 3.03. The highest BCUT2D eigenvalue weighted by atomic mass is 32.8. The SMILES string of the molecule is O=[PH](O)S(=O)(=O)O. The molecule has 0 aliphatic carbocycles. The Morgan fingerprint density at radius 1 is 1.43 bits per heavy atom. The molecule has 0 aromatic carbocycles. The predicted octanol–water partition coefficient (Wildman–Crippen LogP) is -0.744. The van der Waals surface area contributed by atoms with Crippen molar-refractivity contribution in [3.63, 3.8) is 0 Å². The second-order valence-corrected chi connectivity index (χ2v) is 4.82. The average molecular weight is 146 g/mol. The molecule has 0 heterocycles. The van der Waals surface area contributed by atoms with Crippen LogP contribution in [-0.2, 0) is 14.3 Å². The summed E-state index contributed by atoms with van der Waals surface area (Å²) < 4.78 is 35.7. The van der Waals surface area contributed by atoms with E-state index in [2.05, 4.69) is 0 Å². The first kappa shape index (κ1) is 7.10. The van der Waals surface area contributed by atoms with Crippen molar-refractivity contribution in [1.82, 2.24) is 0 Å². The molecule has 0 aliphatic heterocycles. The van der Waals surface area contributed by atoms with Crippen LogP contribution < -0.4 is 0 Å². The minimum absolute atomic E-state index is 3.77. The molecular weight excluding hydrogens is 143 g/mol. The van der Waals surface area contributed by atoms with Gasteiger partial charge in [-0.3, -0.25) is 9.12 Å². The molecule has 0 rings (SSSR count). The maximum Gasteiger partial charge on any atom is 0.338 e. The Hall–Kier alpha value is 0.1000. The van der Waals surface area contributed by atoms with Crippen molar-refractivity contribution in [2.24, 2.45) is 0 Å². The maximum atomic E-state index is 9.37. The van der Waals surface area contributed by atoms with Gasteiger partial charge in [-0.1, -0.05) is 0 Å². The van der Waals surface area contributed by atoms with Gasteiger partial charge in [-0.25, -0.2) is 0 Å². The van der Waals surface area contributed by atoms with Gasteiger partial charge in [-0.15, -0.1) is 0 Å². The molecule has 5 nitrogen and oxygen atoms in total. The van der Waals surface area contributed by atoms with E-state index in [-0.39, 0.29) is 0 Å². The quantitative estimate of drug-likeness (QED) is 0.375. The first-order valence-corrected chi connectivity index (χ1v) is 4.67. The van der Waals surface area contributed by atoms with Crippen molar-refractivity contribution in [2.75, 3.05) is 0 Å². The minimum Gasteiger partial charge on any atom is -0.334 e. The summed E-state index contributed by atoms with van der Waals surface area (Å²) in [5.74, 6) is 0. The van der Waals surface area contributed by atoms with E-state index in [9.17, 15) is 13.0 Å². The molecular formula is H3O5PS. The standard InChI is InChI=1S/H3O5PS/c1-6(2)7(3,4)5/h6H,(H,1,2)(H,3,4,5). The van der Waals surface area contributed by atoms with Gasteiger partial charge >= 0.3 is 17.0 Å². The molecule has 44 valence electrons. The van der Waals surface area contributed by atoms with Crippen LogP contribution in [0.2, 0.25) is 0 Å². The first-order chi connectivity index (χ1) is 2.94. The van der Waals surface area contributed by atoms with Gasteiger partial charge < -0.3 is 4.89 Å². The summed E-state index contributed by atoms with van der Waals surface area (Å²) in [6, 6.07) is 0. The number of rotatable bonds is 1. The van der Waals surface area contributed by atoms with Crippen LogP contribution >= 0.6 is 7.23 Å². The van der Waals surface area contributed by atoms with Crippen LogP contribution in [0.25, 0.3) is 0 Å². The van der Waals surface area contributed by atoms with E-state index in [1.165, 1.54) is 0 Å². The fraction of sp³-hybridized carbons (Fsp3) is 0. The van der Waals surface area contributed by atoms with E-state index in [1.54, 1.807) is 0 Å². The van der Waals surface area contributed by atoms with Crippen LogP contribution in [0.5, 0.6) is 0 Å². The maximum absolute atomic E-state index is 9.37. The minimum atomic E-state index is -4.64. The lowest BCUT2D eigenvalue weighted by atomic mass is 15.9. The Balaban J connectivity index is 4.43.